The molecule has 118 valence electrons. The number of sulfone groups is 1. The second-order valence-corrected chi connectivity index (χ2v) is 8.64. The van der Waals surface area contributed by atoms with Crippen LogP contribution in [0.25, 0.3) is 0 Å². The summed E-state index contributed by atoms with van der Waals surface area (Å²) in [6.45, 7) is 2.72. The topological polar surface area (TPSA) is 74.8 Å². The van der Waals surface area contributed by atoms with Crippen LogP contribution in [0.2, 0.25) is 0 Å². The fourth-order valence-electron chi connectivity index (χ4n) is 3.85. The average Bonchev–Trinajstić information content (AvgIpc) is 3.03. The number of nitrogens with zero attached hydrogens (tertiary/aromatic N) is 2. The highest BCUT2D eigenvalue weighted by molar-refractivity contribution is 7.92. The summed E-state index contributed by atoms with van der Waals surface area (Å²) in [6.07, 6.45) is 3.37. The van der Waals surface area contributed by atoms with Crippen LogP contribution in [0.15, 0.2) is 0 Å². The summed E-state index contributed by atoms with van der Waals surface area (Å²) >= 11 is 0. The van der Waals surface area contributed by atoms with Crippen molar-refractivity contribution >= 4 is 21.7 Å². The maximum Gasteiger partial charge on any atom is 0.246 e. The summed E-state index contributed by atoms with van der Waals surface area (Å²) in [6, 6.07) is -0.841. The van der Waals surface area contributed by atoms with E-state index >= 15 is 0 Å². The van der Waals surface area contributed by atoms with Gasteiger partial charge in [-0.1, -0.05) is 6.92 Å². The van der Waals surface area contributed by atoms with Crippen LogP contribution in [0.4, 0.5) is 0 Å². The van der Waals surface area contributed by atoms with Gasteiger partial charge in [0.2, 0.25) is 11.8 Å². The molecular formula is C14H22N2O4S. The smallest absolute Gasteiger partial charge is 0.246 e. The van der Waals surface area contributed by atoms with E-state index in [-0.39, 0.29) is 30.2 Å². The summed E-state index contributed by atoms with van der Waals surface area (Å²) in [4.78, 5) is 28.4. The first-order chi connectivity index (χ1) is 9.95. The Morgan fingerprint density at radius 2 is 1.90 bits per heavy atom. The van der Waals surface area contributed by atoms with E-state index in [9.17, 15) is 18.0 Å². The van der Waals surface area contributed by atoms with Gasteiger partial charge in [0.25, 0.3) is 0 Å². The maximum absolute atomic E-state index is 12.7. The Balaban J connectivity index is 1.85. The van der Waals surface area contributed by atoms with Gasteiger partial charge >= 0.3 is 0 Å². The number of carbonyl (C=O) groups is 2. The second-order valence-electron chi connectivity index (χ2n) is 6.24. The van der Waals surface area contributed by atoms with Gasteiger partial charge in [0.05, 0.1) is 11.0 Å². The van der Waals surface area contributed by atoms with Crippen molar-refractivity contribution in [1.29, 1.82) is 0 Å². The van der Waals surface area contributed by atoms with Gasteiger partial charge in [-0.15, -0.1) is 0 Å². The monoisotopic (exact) mass is 314 g/mol. The fraction of sp³-hybridized carbons (Fsp3) is 0.857. The molecule has 3 atom stereocenters. The predicted molar refractivity (Wildman–Crippen MR) is 77.3 cm³/mol. The Labute approximate surface area is 125 Å². The standard InChI is InChI=1S/C14H22N2O4S/c1-2-11-13(17)15-7-3-6-12(15)14(18)16(11)9-10-5-4-8-21(10,19)20/h10-12H,2-9H2,1H3. The molecule has 0 aromatic rings. The third-order valence-electron chi connectivity index (χ3n) is 5.02. The molecule has 3 rings (SSSR count). The third kappa shape index (κ3) is 2.35. The fourth-order valence-corrected chi connectivity index (χ4v) is 5.67. The van der Waals surface area contributed by atoms with Crippen molar-refractivity contribution in [1.82, 2.24) is 9.80 Å². The van der Waals surface area contributed by atoms with E-state index in [1.54, 1.807) is 9.80 Å². The van der Waals surface area contributed by atoms with Gasteiger partial charge in [0.1, 0.15) is 12.1 Å². The summed E-state index contributed by atoms with van der Waals surface area (Å²) in [5.74, 6) is 0.149. The van der Waals surface area contributed by atoms with Crippen molar-refractivity contribution in [3.8, 4) is 0 Å². The first-order valence-electron chi connectivity index (χ1n) is 7.78. The van der Waals surface area contributed by atoms with Crippen LogP contribution in [0.1, 0.15) is 39.0 Å². The first kappa shape index (κ1) is 14.8. The molecule has 3 heterocycles. The quantitative estimate of drug-likeness (QED) is 0.744. The molecule has 0 spiro atoms. The molecule has 0 N–H and O–H groups in total. The minimum absolute atomic E-state index is 0.00463. The Hall–Kier alpha value is -1.11. The van der Waals surface area contributed by atoms with Gasteiger partial charge < -0.3 is 9.80 Å². The van der Waals surface area contributed by atoms with Crippen molar-refractivity contribution in [2.24, 2.45) is 0 Å². The zero-order valence-electron chi connectivity index (χ0n) is 12.3. The van der Waals surface area contributed by atoms with Crippen LogP contribution < -0.4 is 0 Å². The highest BCUT2D eigenvalue weighted by Crippen LogP contribution is 2.30. The zero-order valence-corrected chi connectivity index (χ0v) is 13.1. The van der Waals surface area contributed by atoms with E-state index in [0.29, 0.717) is 32.2 Å². The summed E-state index contributed by atoms with van der Waals surface area (Å²) in [5, 5.41) is -0.490. The molecule has 7 heteroatoms. The summed E-state index contributed by atoms with van der Waals surface area (Å²) in [5.41, 5.74) is 0. The lowest BCUT2D eigenvalue weighted by Gasteiger charge is -2.42. The Kier molecular flexibility index (Phi) is 3.71. The minimum atomic E-state index is -3.10. The van der Waals surface area contributed by atoms with Gasteiger partial charge in [0, 0.05) is 13.1 Å². The van der Waals surface area contributed by atoms with E-state index in [0.717, 1.165) is 6.42 Å². The highest BCUT2D eigenvalue weighted by Gasteiger charge is 2.48. The normalized spacial score (nSPS) is 35.4. The largest absolute Gasteiger partial charge is 0.329 e. The maximum atomic E-state index is 12.7. The van der Waals surface area contributed by atoms with Crippen LogP contribution in [0.3, 0.4) is 0 Å². The Bertz CT molecular complexity index is 559. The van der Waals surface area contributed by atoms with Crippen molar-refractivity contribution < 1.29 is 18.0 Å². The van der Waals surface area contributed by atoms with Gasteiger partial charge in [-0.3, -0.25) is 9.59 Å². The molecule has 3 saturated heterocycles. The number of amides is 2. The summed E-state index contributed by atoms with van der Waals surface area (Å²) < 4.78 is 24.0. The number of piperazine rings is 1. The van der Waals surface area contributed by atoms with Crippen LogP contribution in [0.5, 0.6) is 0 Å². The van der Waals surface area contributed by atoms with Crippen molar-refractivity contribution in [2.75, 3.05) is 18.8 Å². The molecule has 21 heavy (non-hydrogen) atoms. The molecule has 6 nitrogen and oxygen atoms in total. The van der Waals surface area contributed by atoms with Gasteiger partial charge in [-0.25, -0.2) is 8.42 Å². The van der Waals surface area contributed by atoms with Crippen LogP contribution in [-0.2, 0) is 19.4 Å². The molecule has 0 aliphatic carbocycles. The second kappa shape index (κ2) is 5.26. The number of fused-ring (bicyclic) bond motifs is 1. The average molecular weight is 314 g/mol. The van der Waals surface area contributed by atoms with Crippen molar-refractivity contribution in [3.05, 3.63) is 0 Å². The Morgan fingerprint density at radius 3 is 2.52 bits per heavy atom. The molecule has 3 aliphatic heterocycles. The van der Waals surface area contributed by atoms with Crippen LogP contribution >= 0.6 is 0 Å². The van der Waals surface area contributed by atoms with E-state index in [4.69, 9.17) is 0 Å². The van der Waals surface area contributed by atoms with Gasteiger partial charge in [0.15, 0.2) is 9.84 Å². The third-order valence-corrected chi connectivity index (χ3v) is 7.27. The summed E-state index contributed by atoms with van der Waals surface area (Å²) in [7, 11) is -3.10. The van der Waals surface area contributed by atoms with Gasteiger partial charge in [-0.2, -0.15) is 0 Å². The molecule has 0 radical (unpaired) electrons. The number of hydrogen-bond acceptors (Lipinski definition) is 4. The van der Waals surface area contributed by atoms with E-state index < -0.39 is 21.1 Å². The number of rotatable bonds is 3. The minimum Gasteiger partial charge on any atom is -0.329 e. The number of carbonyl (C=O) groups excluding carboxylic acids is 2. The highest BCUT2D eigenvalue weighted by atomic mass is 32.2. The molecule has 0 aromatic heterocycles. The van der Waals surface area contributed by atoms with E-state index in [1.165, 1.54) is 0 Å². The van der Waals surface area contributed by atoms with E-state index in [2.05, 4.69) is 0 Å². The van der Waals surface area contributed by atoms with E-state index in [1.807, 2.05) is 6.92 Å². The lowest BCUT2D eigenvalue weighted by Crippen LogP contribution is -2.63. The number of hydrogen-bond donors (Lipinski definition) is 0. The SMILES string of the molecule is CCC1C(=O)N2CCCC2C(=O)N1CC1CCCS1(=O)=O. The molecule has 0 bridgehead atoms. The molecule has 2 amide bonds. The Morgan fingerprint density at radius 1 is 1.14 bits per heavy atom. The molecular weight excluding hydrogens is 292 g/mol. The van der Waals surface area contributed by atoms with Gasteiger partial charge in [-0.05, 0) is 32.1 Å². The zero-order chi connectivity index (χ0) is 15.2. The molecule has 0 aromatic carbocycles. The molecule has 3 aliphatic rings. The van der Waals surface area contributed by atoms with Crippen molar-refractivity contribution in [2.45, 2.75) is 56.4 Å². The van der Waals surface area contributed by atoms with Crippen LogP contribution in [-0.4, -0.2) is 66.2 Å². The molecule has 0 saturated carbocycles. The van der Waals surface area contributed by atoms with Crippen molar-refractivity contribution in [3.63, 3.8) is 0 Å². The first-order valence-corrected chi connectivity index (χ1v) is 9.49. The lowest BCUT2D eigenvalue weighted by molar-refractivity contribution is -0.159. The predicted octanol–water partition coefficient (Wildman–Crippen LogP) is 0.175. The lowest BCUT2D eigenvalue weighted by atomic mass is 10.0. The van der Waals surface area contributed by atoms with Crippen LogP contribution in [0, 0.1) is 0 Å². The molecule has 3 unspecified atom stereocenters. The molecule has 3 fully saturated rings.